The number of nitrogens with zero attached hydrogens (tertiary/aromatic N) is 1. The quantitative estimate of drug-likeness (QED) is 0.726. The van der Waals surface area contributed by atoms with Gasteiger partial charge in [0.15, 0.2) is 0 Å². The normalized spacial score (nSPS) is 26.1. The molecule has 0 aromatic carbocycles. The third-order valence-electron chi connectivity index (χ3n) is 2.87. The highest BCUT2D eigenvalue weighted by molar-refractivity contribution is 5.66. The molecule has 15 heavy (non-hydrogen) atoms. The van der Waals surface area contributed by atoms with Gasteiger partial charge in [-0.15, -0.1) is 0 Å². The van der Waals surface area contributed by atoms with Gasteiger partial charge in [-0.25, -0.2) is 0 Å². The summed E-state index contributed by atoms with van der Waals surface area (Å²) in [5, 5.41) is 8.60. The Morgan fingerprint density at radius 3 is 2.73 bits per heavy atom. The second kappa shape index (κ2) is 6.08. The molecule has 1 aliphatic heterocycles. The van der Waals surface area contributed by atoms with Crippen molar-refractivity contribution in [2.75, 3.05) is 19.6 Å². The van der Waals surface area contributed by atoms with Crippen LogP contribution in [0.1, 0.15) is 33.1 Å². The molecule has 0 radical (unpaired) electrons. The number of carboxylic acids is 1. The highest BCUT2D eigenvalue weighted by atomic mass is 16.5. The molecule has 1 aliphatic rings. The number of likely N-dealkylation sites (N-methyl/N-ethyl adjacent to an activating group) is 1. The van der Waals surface area contributed by atoms with Gasteiger partial charge in [0.05, 0.1) is 18.6 Å². The molecule has 4 heteroatoms. The number of aliphatic carboxylic acids is 1. The van der Waals surface area contributed by atoms with Crippen LogP contribution in [0.15, 0.2) is 0 Å². The molecule has 0 aromatic rings. The number of hydrogen-bond acceptors (Lipinski definition) is 3. The van der Waals surface area contributed by atoms with Crippen LogP contribution in [0.25, 0.3) is 0 Å². The first-order valence-electron chi connectivity index (χ1n) is 5.71. The van der Waals surface area contributed by atoms with Crippen molar-refractivity contribution >= 4 is 5.97 Å². The molecule has 0 saturated carbocycles. The van der Waals surface area contributed by atoms with Gasteiger partial charge in [-0.2, -0.15) is 0 Å². The Bertz CT molecular complexity index is 208. The van der Waals surface area contributed by atoms with E-state index in [9.17, 15) is 4.79 Å². The van der Waals surface area contributed by atoms with Gasteiger partial charge in [0.2, 0.25) is 0 Å². The molecular weight excluding hydrogens is 194 g/mol. The maximum atomic E-state index is 10.5. The van der Waals surface area contributed by atoms with Crippen LogP contribution < -0.4 is 0 Å². The van der Waals surface area contributed by atoms with Crippen molar-refractivity contribution in [3.05, 3.63) is 0 Å². The Hall–Kier alpha value is -0.610. The molecule has 1 fully saturated rings. The number of hydrogen-bond donors (Lipinski definition) is 1. The van der Waals surface area contributed by atoms with Crippen molar-refractivity contribution in [3.8, 4) is 0 Å². The minimum atomic E-state index is -0.728. The molecule has 2 atom stereocenters. The standard InChI is InChI=1S/C11H21NO3/c1-3-12(7-6-11(13)14)8-10-5-4-9(2)15-10/h9-10H,3-8H2,1-2H3,(H,13,14). The summed E-state index contributed by atoms with van der Waals surface area (Å²) in [5.41, 5.74) is 0. The highest BCUT2D eigenvalue weighted by Crippen LogP contribution is 2.19. The van der Waals surface area contributed by atoms with Gasteiger partial charge in [0.25, 0.3) is 0 Å². The summed E-state index contributed by atoms with van der Waals surface area (Å²) in [6.07, 6.45) is 3.11. The fraction of sp³-hybridized carbons (Fsp3) is 0.909. The van der Waals surface area contributed by atoms with E-state index in [1.54, 1.807) is 0 Å². The lowest BCUT2D eigenvalue weighted by Gasteiger charge is -2.23. The van der Waals surface area contributed by atoms with E-state index in [1.807, 2.05) is 0 Å². The Balaban J connectivity index is 2.23. The van der Waals surface area contributed by atoms with E-state index >= 15 is 0 Å². The lowest BCUT2D eigenvalue weighted by atomic mass is 10.2. The van der Waals surface area contributed by atoms with Gasteiger partial charge in [-0.05, 0) is 26.3 Å². The van der Waals surface area contributed by atoms with E-state index in [0.29, 0.717) is 18.8 Å². The van der Waals surface area contributed by atoms with Crippen molar-refractivity contribution in [2.24, 2.45) is 0 Å². The van der Waals surface area contributed by atoms with Crippen LogP contribution in [0.2, 0.25) is 0 Å². The van der Waals surface area contributed by atoms with Gasteiger partial charge in [-0.3, -0.25) is 4.79 Å². The van der Waals surface area contributed by atoms with Crippen LogP contribution in [0, 0.1) is 0 Å². The average Bonchev–Trinajstić information content (AvgIpc) is 2.58. The molecule has 4 nitrogen and oxygen atoms in total. The van der Waals surface area contributed by atoms with Crippen LogP contribution in [0.3, 0.4) is 0 Å². The third-order valence-corrected chi connectivity index (χ3v) is 2.87. The average molecular weight is 215 g/mol. The topological polar surface area (TPSA) is 49.8 Å². The molecule has 0 aliphatic carbocycles. The molecule has 1 heterocycles. The van der Waals surface area contributed by atoms with Crippen LogP contribution in [0.5, 0.6) is 0 Å². The van der Waals surface area contributed by atoms with Gasteiger partial charge in [0.1, 0.15) is 0 Å². The van der Waals surface area contributed by atoms with Crippen molar-refractivity contribution in [1.82, 2.24) is 4.90 Å². The van der Waals surface area contributed by atoms with Gasteiger partial charge in [-0.1, -0.05) is 6.92 Å². The van der Waals surface area contributed by atoms with Crippen LogP contribution in [-0.2, 0) is 9.53 Å². The monoisotopic (exact) mass is 215 g/mol. The lowest BCUT2D eigenvalue weighted by Crippen LogP contribution is -2.34. The molecule has 1 N–H and O–H groups in total. The predicted molar refractivity (Wildman–Crippen MR) is 57.9 cm³/mol. The third kappa shape index (κ3) is 4.62. The summed E-state index contributed by atoms with van der Waals surface area (Å²) in [6.45, 7) is 6.53. The highest BCUT2D eigenvalue weighted by Gasteiger charge is 2.23. The lowest BCUT2D eigenvalue weighted by molar-refractivity contribution is -0.137. The fourth-order valence-corrected chi connectivity index (χ4v) is 1.94. The van der Waals surface area contributed by atoms with Crippen molar-refractivity contribution in [3.63, 3.8) is 0 Å². The Morgan fingerprint density at radius 1 is 1.53 bits per heavy atom. The molecule has 0 bridgehead atoms. The first-order chi connectivity index (χ1) is 7.11. The molecule has 88 valence electrons. The van der Waals surface area contributed by atoms with E-state index in [4.69, 9.17) is 9.84 Å². The maximum absolute atomic E-state index is 10.5. The van der Waals surface area contributed by atoms with Gasteiger partial charge >= 0.3 is 5.97 Å². The molecule has 1 saturated heterocycles. The van der Waals surface area contributed by atoms with Crippen molar-refractivity contribution in [2.45, 2.75) is 45.3 Å². The van der Waals surface area contributed by atoms with E-state index in [-0.39, 0.29) is 6.42 Å². The summed E-state index contributed by atoms with van der Waals surface area (Å²) in [6, 6.07) is 0. The second-order valence-corrected chi connectivity index (χ2v) is 4.18. The molecule has 0 aromatic heterocycles. The minimum Gasteiger partial charge on any atom is -0.481 e. The fourth-order valence-electron chi connectivity index (χ4n) is 1.94. The SMILES string of the molecule is CCN(CCC(=O)O)CC1CCC(C)O1. The van der Waals surface area contributed by atoms with Crippen LogP contribution >= 0.6 is 0 Å². The largest absolute Gasteiger partial charge is 0.481 e. The zero-order chi connectivity index (χ0) is 11.3. The van der Waals surface area contributed by atoms with Crippen molar-refractivity contribution < 1.29 is 14.6 Å². The number of carboxylic acid groups (broad SMARTS) is 1. The van der Waals surface area contributed by atoms with E-state index in [1.165, 1.54) is 0 Å². The Kier molecular flexibility index (Phi) is 5.05. The molecule has 2 unspecified atom stereocenters. The summed E-state index contributed by atoms with van der Waals surface area (Å²) in [4.78, 5) is 12.6. The number of carbonyl (C=O) groups is 1. The zero-order valence-corrected chi connectivity index (χ0v) is 9.61. The maximum Gasteiger partial charge on any atom is 0.304 e. The predicted octanol–water partition coefficient (Wildman–Crippen LogP) is 1.35. The van der Waals surface area contributed by atoms with Crippen molar-refractivity contribution in [1.29, 1.82) is 0 Å². The van der Waals surface area contributed by atoms with E-state index in [0.717, 1.165) is 25.9 Å². The Morgan fingerprint density at radius 2 is 2.27 bits per heavy atom. The second-order valence-electron chi connectivity index (χ2n) is 4.18. The van der Waals surface area contributed by atoms with Crippen LogP contribution in [0.4, 0.5) is 0 Å². The first kappa shape index (κ1) is 12.5. The Labute approximate surface area is 91.2 Å². The molecule has 1 rings (SSSR count). The number of rotatable bonds is 6. The molecule has 0 spiro atoms. The molecule has 0 amide bonds. The first-order valence-corrected chi connectivity index (χ1v) is 5.71. The zero-order valence-electron chi connectivity index (χ0n) is 9.61. The van der Waals surface area contributed by atoms with Gasteiger partial charge < -0.3 is 14.7 Å². The summed E-state index contributed by atoms with van der Waals surface area (Å²) < 4.78 is 5.71. The summed E-state index contributed by atoms with van der Waals surface area (Å²) >= 11 is 0. The van der Waals surface area contributed by atoms with E-state index < -0.39 is 5.97 Å². The summed E-state index contributed by atoms with van der Waals surface area (Å²) in [5.74, 6) is -0.728. The molecular formula is C11H21NO3. The van der Waals surface area contributed by atoms with Gasteiger partial charge in [0, 0.05) is 13.1 Å². The number of ether oxygens (including phenoxy) is 1. The van der Waals surface area contributed by atoms with Crippen LogP contribution in [-0.4, -0.2) is 47.8 Å². The van der Waals surface area contributed by atoms with E-state index in [2.05, 4.69) is 18.7 Å². The minimum absolute atomic E-state index is 0.218. The summed E-state index contributed by atoms with van der Waals surface area (Å²) in [7, 11) is 0. The smallest absolute Gasteiger partial charge is 0.304 e.